The predicted molar refractivity (Wildman–Crippen MR) is 69.6 cm³/mol. The molecule has 96 valence electrons. The van der Waals surface area contributed by atoms with Gasteiger partial charge >= 0.3 is 0 Å². The number of hydrogen-bond donors (Lipinski definition) is 3. The summed E-state index contributed by atoms with van der Waals surface area (Å²) < 4.78 is 11.7. The van der Waals surface area contributed by atoms with Crippen LogP contribution in [-0.2, 0) is 10.2 Å². The van der Waals surface area contributed by atoms with Crippen LogP contribution in [0.3, 0.4) is 0 Å². The van der Waals surface area contributed by atoms with Crippen molar-refractivity contribution in [2.24, 2.45) is 5.73 Å². The number of aliphatic hydroxyl groups is 1. The van der Waals surface area contributed by atoms with Crippen molar-refractivity contribution in [3.05, 3.63) is 34.9 Å². The number of rotatable bonds is 5. The van der Waals surface area contributed by atoms with Crippen molar-refractivity contribution in [2.75, 3.05) is 18.9 Å². The van der Waals surface area contributed by atoms with Gasteiger partial charge in [0.05, 0.1) is 6.16 Å². The van der Waals surface area contributed by atoms with Crippen molar-refractivity contribution >= 4 is 19.0 Å². The maximum Gasteiger partial charge on any atom is 0.203 e. The highest BCUT2D eigenvalue weighted by atomic mass is 35.5. The molecular formula is C11H17ClNO3P. The van der Waals surface area contributed by atoms with Gasteiger partial charge in [0.25, 0.3) is 0 Å². The Morgan fingerprint density at radius 1 is 1.41 bits per heavy atom. The molecule has 1 rings (SSSR count). The van der Waals surface area contributed by atoms with E-state index in [9.17, 15) is 14.6 Å². The zero-order chi connectivity index (χ0) is 13.1. The molecule has 0 heterocycles. The van der Waals surface area contributed by atoms with Gasteiger partial charge in [-0.15, -0.1) is 0 Å². The van der Waals surface area contributed by atoms with Crippen molar-refractivity contribution in [2.45, 2.75) is 12.5 Å². The molecule has 4 N–H and O–H groups in total. The van der Waals surface area contributed by atoms with Crippen molar-refractivity contribution in [3.63, 3.8) is 0 Å². The second kappa shape index (κ2) is 5.51. The number of hydrogen-bond acceptors (Lipinski definition) is 3. The molecule has 6 heteroatoms. The molecule has 0 aliphatic heterocycles. The fourth-order valence-electron chi connectivity index (χ4n) is 1.55. The lowest BCUT2D eigenvalue weighted by Crippen LogP contribution is -2.38. The van der Waals surface area contributed by atoms with E-state index in [0.717, 1.165) is 0 Å². The van der Waals surface area contributed by atoms with E-state index in [0.29, 0.717) is 10.6 Å². The molecule has 1 aromatic carbocycles. The van der Waals surface area contributed by atoms with E-state index in [1.54, 1.807) is 31.2 Å². The molecule has 0 fully saturated rings. The normalized spacial score (nSPS) is 18.4. The van der Waals surface area contributed by atoms with E-state index in [1.165, 1.54) is 0 Å². The molecule has 0 spiro atoms. The highest BCUT2D eigenvalue weighted by Gasteiger charge is 2.35. The van der Waals surface area contributed by atoms with Crippen LogP contribution in [0.5, 0.6) is 0 Å². The SMILES string of the molecule is CCP(=O)(O)C[C@](O)(CN)c1ccc(Cl)cc1. The van der Waals surface area contributed by atoms with Crippen molar-refractivity contribution in [1.82, 2.24) is 0 Å². The fourth-order valence-corrected chi connectivity index (χ4v) is 3.03. The van der Waals surface area contributed by atoms with Gasteiger partial charge in [0.15, 0.2) is 0 Å². The summed E-state index contributed by atoms with van der Waals surface area (Å²) in [5.74, 6) is 0. The minimum absolute atomic E-state index is 0.112. The summed E-state index contributed by atoms with van der Waals surface area (Å²) in [5, 5.41) is 10.9. The highest BCUT2D eigenvalue weighted by Crippen LogP contribution is 2.45. The molecule has 0 saturated heterocycles. The Bertz CT molecular complexity index is 423. The fraction of sp³-hybridized carbons (Fsp3) is 0.455. The molecule has 0 amide bonds. The Balaban J connectivity index is 3.03. The number of nitrogens with two attached hydrogens (primary N) is 1. The van der Waals surface area contributed by atoms with E-state index in [1.807, 2.05) is 0 Å². The minimum Gasteiger partial charge on any atom is -0.383 e. The third-order valence-corrected chi connectivity index (χ3v) is 4.98. The van der Waals surface area contributed by atoms with E-state index >= 15 is 0 Å². The molecule has 4 nitrogen and oxygen atoms in total. The summed E-state index contributed by atoms with van der Waals surface area (Å²) >= 11 is 5.75. The monoisotopic (exact) mass is 277 g/mol. The Morgan fingerprint density at radius 3 is 2.35 bits per heavy atom. The molecule has 0 aliphatic carbocycles. The van der Waals surface area contributed by atoms with Crippen molar-refractivity contribution < 1.29 is 14.6 Å². The van der Waals surface area contributed by atoms with Crippen LogP contribution in [0.2, 0.25) is 5.02 Å². The van der Waals surface area contributed by atoms with Crippen LogP contribution in [-0.4, -0.2) is 28.9 Å². The van der Waals surface area contributed by atoms with Gasteiger partial charge in [-0.1, -0.05) is 30.7 Å². The first-order chi connectivity index (χ1) is 7.83. The van der Waals surface area contributed by atoms with Crippen molar-refractivity contribution in [3.8, 4) is 0 Å². The van der Waals surface area contributed by atoms with Crippen LogP contribution in [0.1, 0.15) is 12.5 Å². The van der Waals surface area contributed by atoms with E-state index in [-0.39, 0.29) is 18.9 Å². The Kier molecular flexibility index (Phi) is 4.76. The first-order valence-corrected chi connectivity index (χ1v) is 7.73. The van der Waals surface area contributed by atoms with Gasteiger partial charge in [-0.05, 0) is 17.7 Å². The lowest BCUT2D eigenvalue weighted by molar-refractivity contribution is 0.0678. The highest BCUT2D eigenvalue weighted by molar-refractivity contribution is 7.58. The second-order valence-corrected chi connectivity index (χ2v) is 7.14. The summed E-state index contributed by atoms with van der Waals surface area (Å²) in [7, 11) is -3.35. The van der Waals surface area contributed by atoms with E-state index in [2.05, 4.69) is 0 Å². The van der Waals surface area contributed by atoms with Gasteiger partial charge in [-0.3, -0.25) is 4.57 Å². The molecule has 0 bridgehead atoms. The van der Waals surface area contributed by atoms with Gasteiger partial charge in [0.2, 0.25) is 7.37 Å². The lowest BCUT2D eigenvalue weighted by atomic mass is 9.96. The quantitative estimate of drug-likeness (QED) is 0.716. The summed E-state index contributed by atoms with van der Waals surface area (Å²) in [6.45, 7) is 1.50. The molecule has 17 heavy (non-hydrogen) atoms. The van der Waals surface area contributed by atoms with Gasteiger partial charge in [0, 0.05) is 17.7 Å². The Labute approximate surface area is 106 Å². The van der Waals surface area contributed by atoms with Gasteiger partial charge in [-0.2, -0.15) is 0 Å². The molecule has 0 aromatic heterocycles. The largest absolute Gasteiger partial charge is 0.383 e. The Morgan fingerprint density at radius 2 is 1.94 bits per heavy atom. The lowest BCUT2D eigenvalue weighted by Gasteiger charge is -2.29. The first-order valence-electron chi connectivity index (χ1n) is 5.32. The topological polar surface area (TPSA) is 83.5 Å². The minimum atomic E-state index is -3.35. The third kappa shape index (κ3) is 3.80. The van der Waals surface area contributed by atoms with Crippen LogP contribution in [0.4, 0.5) is 0 Å². The number of halogens is 1. The van der Waals surface area contributed by atoms with Crippen molar-refractivity contribution in [1.29, 1.82) is 0 Å². The van der Waals surface area contributed by atoms with Crippen LogP contribution in [0.25, 0.3) is 0 Å². The standard InChI is InChI=1S/C11H17ClNO3P/c1-2-17(15,16)8-11(14,7-13)9-3-5-10(12)6-4-9/h3-6,14H,2,7-8,13H2,1H3,(H,15,16)/t11-/m1/s1. The summed E-state index contributed by atoms with van der Waals surface area (Å²) in [6, 6.07) is 6.47. The summed E-state index contributed by atoms with van der Waals surface area (Å²) in [5.41, 5.74) is 4.55. The molecule has 1 unspecified atom stereocenters. The molecule has 1 aromatic rings. The second-order valence-electron chi connectivity index (χ2n) is 4.06. The average molecular weight is 278 g/mol. The van der Waals surface area contributed by atoms with Gasteiger partial charge in [-0.25, -0.2) is 0 Å². The molecule has 0 aliphatic rings. The summed E-state index contributed by atoms with van der Waals surface area (Å²) in [6.07, 6.45) is -0.127. The van der Waals surface area contributed by atoms with Gasteiger partial charge in [0.1, 0.15) is 5.60 Å². The zero-order valence-electron chi connectivity index (χ0n) is 9.64. The number of benzene rings is 1. The van der Waals surface area contributed by atoms with E-state index in [4.69, 9.17) is 17.3 Å². The first kappa shape index (κ1) is 14.7. The maximum absolute atomic E-state index is 11.7. The van der Waals surface area contributed by atoms with Crippen LogP contribution < -0.4 is 5.73 Å². The molecular weight excluding hydrogens is 261 g/mol. The third-order valence-electron chi connectivity index (χ3n) is 2.72. The smallest absolute Gasteiger partial charge is 0.203 e. The predicted octanol–water partition coefficient (Wildman–Crippen LogP) is 1.78. The molecule has 0 radical (unpaired) electrons. The Hall–Kier alpha value is -0.380. The van der Waals surface area contributed by atoms with Crippen LogP contribution in [0.15, 0.2) is 24.3 Å². The van der Waals surface area contributed by atoms with Gasteiger partial charge < -0.3 is 15.7 Å². The van der Waals surface area contributed by atoms with Crippen LogP contribution in [0, 0.1) is 0 Å². The molecule has 0 saturated carbocycles. The maximum atomic E-state index is 11.7. The zero-order valence-corrected chi connectivity index (χ0v) is 11.3. The van der Waals surface area contributed by atoms with E-state index < -0.39 is 13.0 Å². The van der Waals surface area contributed by atoms with Crippen LogP contribution >= 0.6 is 19.0 Å². The molecule has 2 atom stereocenters. The average Bonchev–Trinajstić information content (AvgIpc) is 2.29. The summed E-state index contributed by atoms with van der Waals surface area (Å²) in [4.78, 5) is 9.62.